The van der Waals surface area contributed by atoms with Gasteiger partial charge in [-0.05, 0) is 0 Å². The third kappa shape index (κ3) is 1.59. The van der Waals surface area contributed by atoms with Gasteiger partial charge >= 0.3 is 5.97 Å². The van der Waals surface area contributed by atoms with Gasteiger partial charge < -0.3 is 14.6 Å². The maximum atomic E-state index is 11.6. The van der Waals surface area contributed by atoms with E-state index in [2.05, 4.69) is 0 Å². The fraction of sp³-hybridized carbons (Fsp3) is 0.308. The maximum Gasteiger partial charge on any atom is 0.339 e. The molecule has 0 spiro atoms. The van der Waals surface area contributed by atoms with Crippen LogP contribution in [0.2, 0.25) is 0 Å². The van der Waals surface area contributed by atoms with E-state index in [0.29, 0.717) is 24.3 Å². The fourth-order valence-electron chi connectivity index (χ4n) is 2.20. The number of rotatable bonds is 1. The molecule has 0 fully saturated rings. The third-order valence-electron chi connectivity index (χ3n) is 3.13. The Morgan fingerprint density at radius 2 is 2.39 bits per heavy atom. The van der Waals surface area contributed by atoms with Crippen LogP contribution in [-0.2, 0) is 4.74 Å². The quantitative estimate of drug-likeness (QED) is 0.804. The summed E-state index contributed by atoms with van der Waals surface area (Å²) in [7, 11) is 1.37. The van der Waals surface area contributed by atoms with Crippen molar-refractivity contribution in [2.75, 3.05) is 13.7 Å². The van der Waals surface area contributed by atoms with Crippen LogP contribution in [0.5, 0.6) is 5.75 Å². The summed E-state index contributed by atoms with van der Waals surface area (Å²) >= 11 is 1.44. The van der Waals surface area contributed by atoms with Gasteiger partial charge in [-0.25, -0.2) is 4.79 Å². The lowest BCUT2D eigenvalue weighted by Gasteiger charge is -2.22. The van der Waals surface area contributed by atoms with E-state index in [0.717, 1.165) is 15.6 Å². The van der Waals surface area contributed by atoms with Gasteiger partial charge in [-0.2, -0.15) is 0 Å². The van der Waals surface area contributed by atoms with E-state index in [1.165, 1.54) is 18.4 Å². The molecule has 3 rings (SSSR count). The number of thiophene rings is 1. The first-order chi connectivity index (χ1) is 8.72. The van der Waals surface area contributed by atoms with Crippen molar-refractivity contribution in [1.82, 2.24) is 0 Å². The zero-order chi connectivity index (χ0) is 12.7. The highest BCUT2D eigenvalue weighted by molar-refractivity contribution is 7.18. The summed E-state index contributed by atoms with van der Waals surface area (Å²) in [6, 6.07) is 3.66. The predicted molar refractivity (Wildman–Crippen MR) is 68.2 cm³/mol. The van der Waals surface area contributed by atoms with Crippen molar-refractivity contribution in [3.05, 3.63) is 28.6 Å². The molecule has 1 aliphatic heterocycles. The Balaban J connectivity index is 2.22. The van der Waals surface area contributed by atoms with E-state index in [1.54, 1.807) is 5.38 Å². The van der Waals surface area contributed by atoms with Gasteiger partial charge in [-0.1, -0.05) is 12.1 Å². The molecule has 4 nitrogen and oxygen atoms in total. The zero-order valence-corrected chi connectivity index (χ0v) is 10.6. The summed E-state index contributed by atoms with van der Waals surface area (Å²) in [5.74, 6) is 0.351. The first-order valence-electron chi connectivity index (χ1n) is 5.65. The molecule has 1 aromatic carbocycles. The Hall–Kier alpha value is -1.59. The highest BCUT2D eigenvalue weighted by atomic mass is 32.1. The topological polar surface area (TPSA) is 55.8 Å². The molecule has 1 atom stereocenters. The van der Waals surface area contributed by atoms with E-state index in [-0.39, 0.29) is 5.97 Å². The number of benzene rings is 1. The Labute approximate surface area is 108 Å². The van der Waals surface area contributed by atoms with Gasteiger partial charge in [0.1, 0.15) is 5.75 Å². The molecule has 0 bridgehead atoms. The molecule has 1 unspecified atom stereocenters. The van der Waals surface area contributed by atoms with E-state index in [9.17, 15) is 9.90 Å². The van der Waals surface area contributed by atoms with Gasteiger partial charge in [0.05, 0.1) is 30.1 Å². The molecule has 0 amide bonds. The van der Waals surface area contributed by atoms with E-state index in [4.69, 9.17) is 9.47 Å². The lowest BCUT2D eigenvalue weighted by Crippen LogP contribution is -2.13. The predicted octanol–water partition coefficient (Wildman–Crippen LogP) is 2.50. The second kappa shape index (κ2) is 4.26. The molecule has 0 aliphatic carbocycles. The van der Waals surface area contributed by atoms with Gasteiger partial charge in [-0.15, -0.1) is 11.3 Å². The number of hydrogen-bond acceptors (Lipinski definition) is 5. The molecule has 0 radical (unpaired) electrons. The van der Waals surface area contributed by atoms with E-state index in [1.807, 2.05) is 12.1 Å². The highest BCUT2D eigenvalue weighted by Crippen LogP contribution is 2.42. The Bertz CT molecular complexity index is 617. The van der Waals surface area contributed by atoms with Gasteiger partial charge in [-0.3, -0.25) is 0 Å². The largest absolute Gasteiger partial charge is 0.492 e. The van der Waals surface area contributed by atoms with Crippen LogP contribution in [0.1, 0.15) is 28.4 Å². The number of fused-ring (bicyclic) bond motifs is 3. The molecule has 1 N–H and O–H groups in total. The van der Waals surface area contributed by atoms with Crippen molar-refractivity contribution in [1.29, 1.82) is 0 Å². The van der Waals surface area contributed by atoms with Crippen LogP contribution in [-0.4, -0.2) is 24.8 Å². The first-order valence-corrected chi connectivity index (χ1v) is 6.53. The number of methoxy groups -OCH3 is 1. The van der Waals surface area contributed by atoms with Crippen LogP contribution in [0.15, 0.2) is 17.5 Å². The highest BCUT2D eigenvalue weighted by Gasteiger charge is 2.24. The Morgan fingerprint density at radius 1 is 1.56 bits per heavy atom. The molecular formula is C13H12O4S. The summed E-state index contributed by atoms with van der Waals surface area (Å²) in [5, 5.41) is 12.5. The molecule has 0 saturated carbocycles. The molecule has 18 heavy (non-hydrogen) atoms. The molecule has 1 aliphatic rings. The minimum absolute atomic E-state index is 0.349. The summed E-state index contributed by atoms with van der Waals surface area (Å²) < 4.78 is 11.3. The minimum atomic E-state index is -0.484. The third-order valence-corrected chi connectivity index (χ3v) is 4.12. The minimum Gasteiger partial charge on any atom is -0.492 e. The normalized spacial score (nSPS) is 18.2. The zero-order valence-electron chi connectivity index (χ0n) is 9.80. The number of aliphatic hydroxyl groups excluding tert-OH is 1. The van der Waals surface area contributed by atoms with Crippen molar-refractivity contribution in [2.45, 2.75) is 12.5 Å². The summed E-state index contributed by atoms with van der Waals surface area (Å²) in [5.41, 5.74) is 1.34. The standard InChI is InChI=1S/C13H12O4S/c1-16-13(15)9-6-18-12-7(9)2-3-8-10(14)4-5-17-11(8)12/h2-3,6,10,14H,4-5H2,1H3. The lowest BCUT2D eigenvalue weighted by atomic mass is 10.0. The SMILES string of the molecule is COC(=O)c1csc2c3c(ccc12)C(O)CCO3. The van der Waals surface area contributed by atoms with Gasteiger partial charge in [0.25, 0.3) is 0 Å². The smallest absolute Gasteiger partial charge is 0.339 e. The second-order valence-electron chi connectivity index (χ2n) is 4.15. The Morgan fingerprint density at radius 3 is 3.17 bits per heavy atom. The number of carbonyl (C=O) groups excluding carboxylic acids is 1. The summed E-state index contributed by atoms with van der Waals surface area (Å²) in [6.45, 7) is 0.499. The average molecular weight is 264 g/mol. The summed E-state index contributed by atoms with van der Waals surface area (Å²) in [4.78, 5) is 11.6. The monoisotopic (exact) mass is 264 g/mol. The molecule has 1 aromatic heterocycles. The lowest BCUT2D eigenvalue weighted by molar-refractivity contribution is 0.0603. The molecular weight excluding hydrogens is 252 g/mol. The van der Waals surface area contributed by atoms with Crippen LogP contribution in [0.4, 0.5) is 0 Å². The average Bonchev–Trinajstić information content (AvgIpc) is 2.82. The van der Waals surface area contributed by atoms with Crippen molar-refractivity contribution in [3.8, 4) is 5.75 Å². The van der Waals surface area contributed by atoms with Crippen molar-refractivity contribution in [3.63, 3.8) is 0 Å². The molecule has 2 heterocycles. The van der Waals surface area contributed by atoms with Crippen molar-refractivity contribution in [2.24, 2.45) is 0 Å². The number of carbonyl (C=O) groups is 1. The molecule has 94 valence electrons. The summed E-state index contributed by atoms with van der Waals surface area (Å²) in [6.07, 6.45) is 0.120. The fourth-order valence-corrected chi connectivity index (χ4v) is 3.24. The van der Waals surface area contributed by atoms with Crippen LogP contribution in [0.3, 0.4) is 0 Å². The number of esters is 1. The number of aliphatic hydroxyl groups is 1. The number of hydrogen-bond donors (Lipinski definition) is 1. The molecule has 2 aromatic rings. The number of ether oxygens (including phenoxy) is 2. The molecule has 0 saturated heterocycles. The van der Waals surface area contributed by atoms with Crippen LogP contribution >= 0.6 is 11.3 Å². The Kier molecular flexibility index (Phi) is 2.72. The van der Waals surface area contributed by atoms with Crippen LogP contribution in [0.25, 0.3) is 10.1 Å². The van der Waals surface area contributed by atoms with E-state index < -0.39 is 6.10 Å². The second-order valence-corrected chi connectivity index (χ2v) is 5.03. The van der Waals surface area contributed by atoms with Gasteiger partial charge in [0.2, 0.25) is 0 Å². The van der Waals surface area contributed by atoms with Crippen LogP contribution in [0, 0.1) is 0 Å². The van der Waals surface area contributed by atoms with Gasteiger partial charge in [0, 0.05) is 22.8 Å². The van der Waals surface area contributed by atoms with Crippen molar-refractivity contribution >= 4 is 27.4 Å². The van der Waals surface area contributed by atoms with E-state index >= 15 is 0 Å². The maximum absolute atomic E-state index is 11.6. The first kappa shape index (κ1) is 11.5. The van der Waals surface area contributed by atoms with Gasteiger partial charge in [0.15, 0.2) is 0 Å². The van der Waals surface area contributed by atoms with Crippen molar-refractivity contribution < 1.29 is 19.4 Å². The van der Waals surface area contributed by atoms with Crippen LogP contribution < -0.4 is 4.74 Å². The molecule has 5 heteroatoms.